The van der Waals surface area contributed by atoms with Crippen molar-refractivity contribution in [1.29, 1.82) is 0 Å². The Bertz CT molecular complexity index is 464. The van der Waals surface area contributed by atoms with Gasteiger partial charge in [-0.2, -0.15) is 5.21 Å². The van der Waals surface area contributed by atoms with Crippen molar-refractivity contribution in [1.82, 2.24) is 20.6 Å². The number of nitrogens with one attached hydrogen (secondary N) is 1. The number of aromatic nitrogens is 4. The normalized spacial score (nSPS) is 12.7. The lowest BCUT2D eigenvalue weighted by atomic mass is 9.94. The molecule has 0 aromatic carbocycles. The van der Waals surface area contributed by atoms with Crippen molar-refractivity contribution in [2.24, 2.45) is 0 Å². The molecule has 2 heterocycles. The minimum absolute atomic E-state index is 0.511. The zero-order valence-corrected chi connectivity index (χ0v) is 11.7. The van der Waals surface area contributed by atoms with Crippen molar-refractivity contribution in [3.8, 4) is 11.6 Å². The first-order valence-corrected chi connectivity index (χ1v) is 7.18. The highest BCUT2D eigenvalue weighted by Crippen LogP contribution is 2.30. The van der Waals surface area contributed by atoms with Gasteiger partial charge in [-0.15, -0.1) is 10.2 Å². The van der Waals surface area contributed by atoms with E-state index < -0.39 is 0 Å². The second-order valence-corrected chi connectivity index (χ2v) is 4.92. The Kier molecular flexibility index (Phi) is 5.12. The first-order chi connectivity index (χ1) is 9.35. The molecule has 0 radical (unpaired) electrons. The molecule has 2 rings (SSSR count). The monoisotopic (exact) mass is 262 g/mol. The Balaban J connectivity index is 2.04. The molecule has 0 saturated carbocycles. The van der Waals surface area contributed by atoms with Crippen LogP contribution in [0.15, 0.2) is 16.5 Å². The smallest absolute Gasteiger partial charge is 0.239 e. The highest BCUT2D eigenvalue weighted by molar-refractivity contribution is 5.45. The molecule has 0 spiro atoms. The van der Waals surface area contributed by atoms with E-state index in [1.807, 2.05) is 6.07 Å². The fourth-order valence-electron chi connectivity index (χ4n) is 2.38. The zero-order chi connectivity index (χ0) is 13.5. The Labute approximate surface area is 113 Å². The van der Waals surface area contributed by atoms with E-state index in [0.29, 0.717) is 17.5 Å². The van der Waals surface area contributed by atoms with E-state index in [1.165, 1.54) is 38.5 Å². The molecule has 0 saturated heterocycles. The van der Waals surface area contributed by atoms with Crippen LogP contribution in [0, 0.1) is 0 Å². The maximum Gasteiger partial charge on any atom is 0.239 e. The summed E-state index contributed by atoms with van der Waals surface area (Å²) >= 11 is 0. The summed E-state index contributed by atoms with van der Waals surface area (Å²) < 4.78 is 5.89. The summed E-state index contributed by atoms with van der Waals surface area (Å²) in [6, 6.07) is 3.99. The minimum Gasteiger partial charge on any atom is -0.457 e. The number of nitrogens with zero attached hydrogens (tertiary/aromatic N) is 3. The van der Waals surface area contributed by atoms with Crippen LogP contribution in [0.3, 0.4) is 0 Å². The van der Waals surface area contributed by atoms with E-state index >= 15 is 0 Å². The minimum atomic E-state index is 0.511. The molecular formula is C14H22N4O. The molecule has 5 nitrogen and oxygen atoms in total. The first-order valence-electron chi connectivity index (χ1n) is 7.18. The molecule has 2 aromatic rings. The van der Waals surface area contributed by atoms with Gasteiger partial charge in [-0.1, -0.05) is 39.5 Å². The van der Waals surface area contributed by atoms with Crippen molar-refractivity contribution >= 4 is 0 Å². The summed E-state index contributed by atoms with van der Waals surface area (Å²) in [7, 11) is 0. The molecular weight excluding hydrogens is 240 g/mol. The predicted octanol–water partition coefficient (Wildman–Crippen LogP) is 3.92. The van der Waals surface area contributed by atoms with Gasteiger partial charge in [0.1, 0.15) is 5.76 Å². The molecule has 2 aromatic heterocycles. The molecule has 104 valence electrons. The van der Waals surface area contributed by atoms with Crippen LogP contribution in [0.4, 0.5) is 0 Å². The van der Waals surface area contributed by atoms with E-state index in [4.69, 9.17) is 4.42 Å². The number of furan rings is 1. The van der Waals surface area contributed by atoms with E-state index in [-0.39, 0.29) is 0 Å². The molecule has 1 unspecified atom stereocenters. The number of rotatable bonds is 8. The Morgan fingerprint density at radius 3 is 2.74 bits per heavy atom. The van der Waals surface area contributed by atoms with Gasteiger partial charge < -0.3 is 4.42 Å². The molecule has 0 amide bonds. The quantitative estimate of drug-likeness (QED) is 0.732. The van der Waals surface area contributed by atoms with Crippen LogP contribution in [-0.4, -0.2) is 20.6 Å². The molecule has 19 heavy (non-hydrogen) atoms. The molecule has 5 heteroatoms. The molecule has 1 N–H and O–H groups in total. The molecule has 0 bridgehead atoms. The van der Waals surface area contributed by atoms with Crippen LogP contribution in [-0.2, 0) is 0 Å². The number of aromatic amines is 1. The summed E-state index contributed by atoms with van der Waals surface area (Å²) in [6.45, 7) is 4.45. The van der Waals surface area contributed by atoms with E-state index in [0.717, 1.165) is 5.76 Å². The molecule has 0 aliphatic rings. The van der Waals surface area contributed by atoms with Gasteiger partial charge in [0.25, 0.3) is 0 Å². The predicted molar refractivity (Wildman–Crippen MR) is 73.7 cm³/mol. The summed E-state index contributed by atoms with van der Waals surface area (Å²) in [4.78, 5) is 0. The number of H-pyrrole nitrogens is 1. The van der Waals surface area contributed by atoms with Gasteiger partial charge in [0.2, 0.25) is 5.82 Å². The number of tetrazole rings is 1. The van der Waals surface area contributed by atoms with Gasteiger partial charge in [0, 0.05) is 5.92 Å². The third-order valence-corrected chi connectivity index (χ3v) is 3.39. The number of hydrogen-bond acceptors (Lipinski definition) is 4. The summed E-state index contributed by atoms with van der Waals surface area (Å²) in [5.41, 5.74) is 0. The topological polar surface area (TPSA) is 67.6 Å². The Morgan fingerprint density at radius 1 is 1.16 bits per heavy atom. The van der Waals surface area contributed by atoms with Gasteiger partial charge in [0.05, 0.1) is 0 Å². The molecule has 0 aliphatic carbocycles. The number of hydrogen-bond donors (Lipinski definition) is 1. The lowest BCUT2D eigenvalue weighted by molar-refractivity contribution is 0.422. The van der Waals surface area contributed by atoms with E-state index in [2.05, 4.69) is 40.5 Å². The Hall–Kier alpha value is -1.65. The third kappa shape index (κ3) is 3.66. The summed E-state index contributed by atoms with van der Waals surface area (Å²) in [6.07, 6.45) is 7.35. The van der Waals surface area contributed by atoms with Crippen LogP contribution >= 0.6 is 0 Å². The second-order valence-electron chi connectivity index (χ2n) is 4.92. The van der Waals surface area contributed by atoms with Gasteiger partial charge in [0.15, 0.2) is 5.76 Å². The lowest BCUT2D eigenvalue weighted by Crippen LogP contribution is -1.97. The second kappa shape index (κ2) is 7.07. The van der Waals surface area contributed by atoms with Crippen molar-refractivity contribution in [3.05, 3.63) is 17.9 Å². The first kappa shape index (κ1) is 13.8. The molecule has 1 atom stereocenters. The largest absolute Gasteiger partial charge is 0.457 e. The standard InChI is InChI=1S/C14H22N4O/c1-3-5-6-8-11(7-4-2)12-9-10-13(19-12)14-15-17-18-16-14/h9-11H,3-8H2,1-2H3,(H,15,16,17,18). The fraction of sp³-hybridized carbons (Fsp3) is 0.643. The van der Waals surface area contributed by atoms with Gasteiger partial charge in [-0.3, -0.25) is 0 Å². The van der Waals surface area contributed by atoms with Crippen molar-refractivity contribution < 1.29 is 4.42 Å². The third-order valence-electron chi connectivity index (χ3n) is 3.39. The van der Waals surface area contributed by atoms with Crippen LogP contribution in [0.1, 0.15) is 64.1 Å². The highest BCUT2D eigenvalue weighted by Gasteiger charge is 2.16. The Morgan fingerprint density at radius 2 is 2.05 bits per heavy atom. The summed E-state index contributed by atoms with van der Waals surface area (Å²) in [5, 5.41) is 13.9. The van der Waals surface area contributed by atoms with Gasteiger partial charge >= 0.3 is 0 Å². The number of unbranched alkanes of at least 4 members (excludes halogenated alkanes) is 2. The average molecular weight is 262 g/mol. The van der Waals surface area contributed by atoms with Gasteiger partial charge in [-0.25, -0.2) is 0 Å². The molecule has 0 fully saturated rings. The maximum atomic E-state index is 5.89. The fourth-order valence-corrected chi connectivity index (χ4v) is 2.38. The highest BCUT2D eigenvalue weighted by atomic mass is 16.3. The van der Waals surface area contributed by atoms with Crippen LogP contribution in [0.5, 0.6) is 0 Å². The SMILES string of the molecule is CCCCCC(CCC)c1ccc(-c2nn[nH]n2)o1. The van der Waals surface area contributed by atoms with Crippen molar-refractivity contribution in [2.75, 3.05) is 0 Å². The van der Waals surface area contributed by atoms with Crippen molar-refractivity contribution in [3.63, 3.8) is 0 Å². The summed E-state index contributed by atoms with van der Waals surface area (Å²) in [5.74, 6) is 2.78. The van der Waals surface area contributed by atoms with Crippen LogP contribution in [0.25, 0.3) is 11.6 Å². The maximum absolute atomic E-state index is 5.89. The van der Waals surface area contributed by atoms with Crippen molar-refractivity contribution in [2.45, 2.75) is 58.3 Å². The molecule has 0 aliphatic heterocycles. The van der Waals surface area contributed by atoms with Gasteiger partial charge in [-0.05, 0) is 30.2 Å². The lowest BCUT2D eigenvalue weighted by Gasteiger charge is -2.13. The van der Waals surface area contributed by atoms with E-state index in [1.54, 1.807) is 0 Å². The zero-order valence-electron chi connectivity index (χ0n) is 11.7. The average Bonchev–Trinajstić information content (AvgIpc) is 3.08. The van der Waals surface area contributed by atoms with Crippen LogP contribution < -0.4 is 0 Å². The van der Waals surface area contributed by atoms with Crippen LogP contribution in [0.2, 0.25) is 0 Å². The van der Waals surface area contributed by atoms with E-state index in [9.17, 15) is 0 Å².